The first kappa shape index (κ1) is 29.9. The second-order valence-electron chi connectivity index (χ2n) is 13.2. The van der Waals surface area contributed by atoms with E-state index in [4.69, 9.17) is 9.47 Å². The Morgan fingerprint density at radius 1 is 0.417 bits per heavy atom. The second-order valence-corrected chi connectivity index (χ2v) is 17.6. The van der Waals surface area contributed by atoms with E-state index in [9.17, 15) is 0 Å². The first-order chi connectivity index (χ1) is 23.8. The largest absolute Gasteiger partial charge is 0.451 e. The fourth-order valence-electron chi connectivity index (χ4n) is 8.25. The summed E-state index contributed by atoms with van der Waals surface area (Å²) in [6, 6.07) is 57.7. The molecule has 1 aliphatic carbocycles. The van der Waals surface area contributed by atoms with Crippen molar-refractivity contribution in [3.8, 4) is 11.5 Å². The number of rotatable bonds is 6. The summed E-state index contributed by atoms with van der Waals surface area (Å²) in [5, 5.41) is 7.92. The summed E-state index contributed by atoms with van der Waals surface area (Å²) in [4.78, 5) is 0. The Bertz CT molecular complexity index is 1800. The van der Waals surface area contributed by atoms with Crippen molar-refractivity contribution < 1.29 is 9.47 Å². The maximum Gasteiger partial charge on any atom is 0.257 e. The van der Waals surface area contributed by atoms with Gasteiger partial charge >= 0.3 is 0 Å². The molecule has 0 bridgehead atoms. The molecule has 0 amide bonds. The number of hydrogen-bond acceptors (Lipinski definition) is 2. The van der Waals surface area contributed by atoms with Gasteiger partial charge in [-0.2, -0.15) is 0 Å². The first-order valence-corrected chi connectivity index (χ1v) is 19.9. The van der Waals surface area contributed by atoms with Crippen LogP contribution >= 0.6 is 15.8 Å². The van der Waals surface area contributed by atoms with E-state index < -0.39 is 21.6 Å². The minimum absolute atomic E-state index is 0.305. The number of hydrogen-bond donors (Lipinski definition) is 0. The van der Waals surface area contributed by atoms with Gasteiger partial charge in [-0.3, -0.25) is 0 Å². The van der Waals surface area contributed by atoms with Crippen LogP contribution in [-0.4, -0.2) is 5.79 Å². The predicted molar refractivity (Wildman–Crippen MR) is 203 cm³/mol. The fourth-order valence-corrected chi connectivity index (χ4v) is 13.1. The maximum atomic E-state index is 7.59. The lowest BCUT2D eigenvalue weighted by molar-refractivity contribution is -0.225. The lowest BCUT2D eigenvalue weighted by Crippen LogP contribution is -2.62. The summed E-state index contributed by atoms with van der Waals surface area (Å²) in [7, 11) is -1.64. The molecule has 6 aromatic rings. The van der Waals surface area contributed by atoms with E-state index >= 15 is 0 Å². The van der Waals surface area contributed by atoms with Gasteiger partial charge in [0.05, 0.1) is 0 Å². The number of fused-ring (bicyclic) bond motifs is 2. The minimum atomic E-state index is -0.820. The molecule has 3 aliphatic rings. The van der Waals surface area contributed by atoms with Crippen molar-refractivity contribution in [3.63, 3.8) is 0 Å². The van der Waals surface area contributed by atoms with E-state index in [-0.39, 0.29) is 0 Å². The summed E-state index contributed by atoms with van der Waals surface area (Å²) in [5.74, 6) is 2.02. The second kappa shape index (κ2) is 12.7. The smallest absolute Gasteiger partial charge is 0.257 e. The average molecular weight is 661 g/mol. The van der Waals surface area contributed by atoms with Crippen molar-refractivity contribution in [2.45, 2.75) is 37.9 Å². The zero-order valence-electron chi connectivity index (χ0n) is 26.9. The standard InChI is InChI=1S/C44H38O2P2/c1-5-20-36(21-6-1)47(37-22-7-2-8-23-37)40-28-13-16-32-30-34-18-15-19-35-31-33-17-14-29-41(43(33)46-44(34,35)45-42(32)40)48(38-24-9-3-10-25-38)39-26-11-4-12-27-39/h1-14,16-17,20-29,34-35H,15,18-19,30-31H2/t34-,35-,44?/m1/s1. The molecular formula is C44H38O2P2. The maximum absolute atomic E-state index is 7.59. The van der Waals surface area contributed by atoms with Crippen LogP contribution in [-0.2, 0) is 12.8 Å². The van der Waals surface area contributed by atoms with Crippen molar-refractivity contribution in [2.75, 3.05) is 0 Å². The van der Waals surface area contributed by atoms with Crippen LogP contribution in [0.25, 0.3) is 0 Å². The van der Waals surface area contributed by atoms with E-state index in [1.807, 2.05) is 0 Å². The Kier molecular flexibility index (Phi) is 7.89. The van der Waals surface area contributed by atoms with Gasteiger partial charge in [0.1, 0.15) is 11.5 Å². The van der Waals surface area contributed by atoms with Crippen LogP contribution < -0.4 is 41.3 Å². The van der Waals surface area contributed by atoms with E-state index in [1.165, 1.54) is 49.4 Å². The molecule has 4 heteroatoms. The molecule has 0 aromatic heterocycles. The highest BCUT2D eigenvalue weighted by Crippen LogP contribution is 2.55. The molecule has 0 N–H and O–H groups in total. The van der Waals surface area contributed by atoms with Gasteiger partial charge in [-0.05, 0) is 73.9 Å². The molecule has 6 aromatic carbocycles. The monoisotopic (exact) mass is 660 g/mol. The van der Waals surface area contributed by atoms with Crippen molar-refractivity contribution >= 4 is 47.7 Å². The van der Waals surface area contributed by atoms with E-state index in [0.29, 0.717) is 11.8 Å². The van der Waals surface area contributed by atoms with Gasteiger partial charge in [0.2, 0.25) is 0 Å². The molecule has 48 heavy (non-hydrogen) atoms. The van der Waals surface area contributed by atoms with Crippen LogP contribution in [0.15, 0.2) is 158 Å². The molecule has 2 heterocycles. The number of para-hydroxylation sites is 2. The lowest BCUT2D eigenvalue weighted by atomic mass is 9.68. The van der Waals surface area contributed by atoms with E-state index in [0.717, 1.165) is 37.2 Å². The fraction of sp³-hybridized carbons (Fsp3) is 0.182. The van der Waals surface area contributed by atoms with E-state index in [2.05, 4.69) is 158 Å². The first-order valence-electron chi connectivity index (χ1n) is 17.2. The molecule has 2 aliphatic heterocycles. The molecule has 9 rings (SSSR count). The minimum Gasteiger partial charge on any atom is -0.451 e. The Morgan fingerprint density at radius 3 is 1.12 bits per heavy atom. The lowest BCUT2D eigenvalue weighted by Gasteiger charge is -2.54. The van der Waals surface area contributed by atoms with Gasteiger partial charge in [0.15, 0.2) is 0 Å². The van der Waals surface area contributed by atoms with Crippen LogP contribution in [0.4, 0.5) is 0 Å². The van der Waals surface area contributed by atoms with Gasteiger partial charge in [-0.1, -0.05) is 164 Å². The highest BCUT2D eigenvalue weighted by Gasteiger charge is 2.57. The van der Waals surface area contributed by atoms with Gasteiger partial charge in [-0.25, -0.2) is 0 Å². The zero-order valence-corrected chi connectivity index (χ0v) is 28.7. The molecule has 1 spiro atoms. The van der Waals surface area contributed by atoms with Gasteiger partial charge in [0.25, 0.3) is 5.79 Å². The summed E-state index contributed by atoms with van der Waals surface area (Å²) in [6.45, 7) is 0. The highest BCUT2D eigenvalue weighted by molar-refractivity contribution is 7.80. The Hall–Kier alpha value is -4.22. The average Bonchev–Trinajstić information content (AvgIpc) is 3.15. The van der Waals surface area contributed by atoms with E-state index in [1.54, 1.807) is 0 Å². The normalized spacial score (nSPS) is 20.9. The Morgan fingerprint density at radius 2 is 0.771 bits per heavy atom. The quantitative estimate of drug-likeness (QED) is 0.169. The van der Waals surface area contributed by atoms with Crippen molar-refractivity contribution in [2.24, 2.45) is 11.8 Å². The van der Waals surface area contributed by atoms with Crippen LogP contribution in [0.5, 0.6) is 11.5 Å². The molecule has 0 saturated heterocycles. The summed E-state index contributed by atoms with van der Waals surface area (Å²) < 4.78 is 15.2. The van der Waals surface area contributed by atoms with Crippen molar-refractivity contribution in [1.82, 2.24) is 0 Å². The molecule has 1 fully saturated rings. The van der Waals surface area contributed by atoms with Crippen LogP contribution in [0.1, 0.15) is 30.4 Å². The molecule has 0 radical (unpaired) electrons. The number of benzene rings is 6. The molecule has 236 valence electrons. The summed E-state index contributed by atoms with van der Waals surface area (Å²) in [5.41, 5.74) is 2.64. The third kappa shape index (κ3) is 5.18. The van der Waals surface area contributed by atoms with Crippen LogP contribution in [0.2, 0.25) is 0 Å². The predicted octanol–water partition coefficient (Wildman–Crippen LogP) is 7.89. The molecular weight excluding hydrogens is 622 g/mol. The van der Waals surface area contributed by atoms with Crippen LogP contribution in [0, 0.1) is 11.8 Å². The number of ether oxygens (including phenoxy) is 2. The SMILES string of the molecule is c1ccc(P(c2ccccc2)c2cccc3c2OC24Oc5c(cccc5P(c5ccccc5)c5ccccc5)C[C@H]2CCC[C@@H]4C3)cc1. The molecule has 1 saturated carbocycles. The van der Waals surface area contributed by atoms with Gasteiger partial charge < -0.3 is 9.47 Å². The van der Waals surface area contributed by atoms with Gasteiger partial charge in [0, 0.05) is 22.4 Å². The van der Waals surface area contributed by atoms with Gasteiger partial charge in [-0.15, -0.1) is 0 Å². The summed E-state index contributed by atoms with van der Waals surface area (Å²) in [6.07, 6.45) is 5.42. The third-order valence-electron chi connectivity index (χ3n) is 10.4. The van der Waals surface area contributed by atoms with Crippen LogP contribution in [0.3, 0.4) is 0 Å². The zero-order chi connectivity index (χ0) is 31.9. The Labute approximate surface area is 286 Å². The molecule has 2 nitrogen and oxygen atoms in total. The molecule has 2 atom stereocenters. The summed E-state index contributed by atoms with van der Waals surface area (Å²) >= 11 is 0. The third-order valence-corrected chi connectivity index (χ3v) is 15.3. The highest BCUT2D eigenvalue weighted by atomic mass is 31.1. The molecule has 0 unspecified atom stereocenters. The topological polar surface area (TPSA) is 18.5 Å². The Balaban J connectivity index is 1.19. The van der Waals surface area contributed by atoms with Crippen molar-refractivity contribution in [3.05, 3.63) is 169 Å². The van der Waals surface area contributed by atoms with Crippen molar-refractivity contribution in [1.29, 1.82) is 0 Å².